The Kier molecular flexibility index (Phi) is 3.23. The van der Waals surface area contributed by atoms with Gasteiger partial charge in [0.05, 0.1) is 0 Å². The molecule has 3 aromatic rings. The summed E-state index contributed by atoms with van der Waals surface area (Å²) in [6.45, 7) is 0. The predicted octanol–water partition coefficient (Wildman–Crippen LogP) is 2.60. The van der Waals surface area contributed by atoms with E-state index in [9.17, 15) is 8.42 Å². The van der Waals surface area contributed by atoms with Crippen LogP contribution in [0.3, 0.4) is 0 Å². The molecule has 3 rings (SSSR count). The molecule has 0 unspecified atom stereocenters. The number of aromatic nitrogens is 2. The number of nitrogens with two attached hydrogens (primary N) is 1. The van der Waals surface area contributed by atoms with Crippen molar-refractivity contribution in [3.63, 3.8) is 0 Å². The number of anilines is 2. The third kappa shape index (κ3) is 2.65. The predicted molar refractivity (Wildman–Crippen MR) is 82.8 cm³/mol. The summed E-state index contributed by atoms with van der Waals surface area (Å²) in [4.78, 5) is 6.93. The van der Waals surface area contributed by atoms with E-state index < -0.39 is 10.0 Å². The largest absolute Gasteiger partial charge is 0.399 e. The second-order valence-corrected chi connectivity index (χ2v) is 6.51. The normalized spacial score (nSPS) is 11.7. The van der Waals surface area contributed by atoms with E-state index in [1.165, 1.54) is 18.5 Å². The molecule has 21 heavy (non-hydrogen) atoms. The van der Waals surface area contributed by atoms with Crippen molar-refractivity contribution in [1.82, 2.24) is 9.97 Å². The Morgan fingerprint density at radius 2 is 2.05 bits per heavy atom. The molecule has 0 aliphatic carbocycles. The maximum Gasteiger partial charge on any atom is 0.265 e. The number of fused-ring (bicyclic) bond motifs is 1. The number of H-pyrrole nitrogens is 1. The van der Waals surface area contributed by atoms with Crippen LogP contribution < -0.4 is 10.5 Å². The highest BCUT2D eigenvalue weighted by Gasteiger charge is 2.19. The summed E-state index contributed by atoms with van der Waals surface area (Å²) in [5, 5.41) is 0.952. The van der Waals surface area contributed by atoms with Gasteiger partial charge in [-0.05, 0) is 24.3 Å². The van der Waals surface area contributed by atoms with E-state index in [0.29, 0.717) is 21.6 Å². The van der Waals surface area contributed by atoms with Crippen molar-refractivity contribution in [2.45, 2.75) is 4.90 Å². The highest BCUT2D eigenvalue weighted by atomic mass is 35.5. The minimum absolute atomic E-state index is 0.124. The van der Waals surface area contributed by atoms with Crippen LogP contribution in [0.1, 0.15) is 0 Å². The van der Waals surface area contributed by atoms with E-state index in [4.69, 9.17) is 17.3 Å². The third-order valence-corrected chi connectivity index (χ3v) is 4.55. The maximum atomic E-state index is 12.4. The van der Waals surface area contributed by atoms with E-state index in [1.54, 1.807) is 24.3 Å². The van der Waals surface area contributed by atoms with Gasteiger partial charge < -0.3 is 10.7 Å². The van der Waals surface area contributed by atoms with Crippen LogP contribution in [-0.4, -0.2) is 18.4 Å². The van der Waals surface area contributed by atoms with Crippen LogP contribution in [0, 0.1) is 0 Å². The lowest BCUT2D eigenvalue weighted by atomic mass is 10.2. The third-order valence-electron chi connectivity index (χ3n) is 2.92. The van der Waals surface area contributed by atoms with Gasteiger partial charge >= 0.3 is 0 Å². The number of hydrogen-bond acceptors (Lipinski definition) is 4. The smallest absolute Gasteiger partial charge is 0.265 e. The zero-order valence-electron chi connectivity index (χ0n) is 10.7. The average Bonchev–Trinajstić information content (AvgIpc) is 2.81. The first kappa shape index (κ1) is 13.7. The lowest BCUT2D eigenvalue weighted by Crippen LogP contribution is -2.13. The van der Waals surface area contributed by atoms with E-state index >= 15 is 0 Å². The van der Waals surface area contributed by atoms with Gasteiger partial charge in [0.25, 0.3) is 10.0 Å². The number of sulfonamides is 1. The van der Waals surface area contributed by atoms with Gasteiger partial charge in [0.2, 0.25) is 0 Å². The van der Waals surface area contributed by atoms with Crippen molar-refractivity contribution in [3.8, 4) is 0 Å². The summed E-state index contributed by atoms with van der Waals surface area (Å²) in [5.74, 6) is 0.160. The van der Waals surface area contributed by atoms with Crippen LogP contribution in [0.15, 0.2) is 47.6 Å². The fourth-order valence-corrected chi connectivity index (χ4v) is 3.33. The molecule has 0 aliphatic rings. The Morgan fingerprint density at radius 1 is 1.24 bits per heavy atom. The molecule has 0 amide bonds. The van der Waals surface area contributed by atoms with E-state index in [-0.39, 0.29) is 10.7 Å². The molecule has 0 radical (unpaired) electrons. The van der Waals surface area contributed by atoms with Gasteiger partial charge in [0.1, 0.15) is 10.7 Å². The highest BCUT2D eigenvalue weighted by molar-refractivity contribution is 7.93. The summed E-state index contributed by atoms with van der Waals surface area (Å²) in [6.07, 6.45) is 2.84. The van der Waals surface area contributed by atoms with Crippen molar-refractivity contribution in [2.24, 2.45) is 0 Å². The molecule has 0 atom stereocenters. The zero-order chi connectivity index (χ0) is 15.0. The number of hydrogen-bond donors (Lipinski definition) is 3. The zero-order valence-corrected chi connectivity index (χ0v) is 12.2. The van der Waals surface area contributed by atoms with E-state index in [0.717, 1.165) is 0 Å². The fraction of sp³-hybridized carbons (Fsp3) is 0. The molecule has 8 heteroatoms. The van der Waals surface area contributed by atoms with E-state index in [2.05, 4.69) is 14.7 Å². The van der Waals surface area contributed by atoms with Gasteiger partial charge in [0, 0.05) is 40.1 Å². The summed E-state index contributed by atoms with van der Waals surface area (Å²) < 4.78 is 27.2. The average molecular weight is 323 g/mol. The molecular formula is C13H11ClN4O2S. The molecule has 0 spiro atoms. The molecule has 0 aliphatic heterocycles. The van der Waals surface area contributed by atoms with Crippen molar-refractivity contribution in [1.29, 1.82) is 0 Å². The van der Waals surface area contributed by atoms with Crippen molar-refractivity contribution >= 4 is 44.0 Å². The second kappa shape index (κ2) is 4.94. The second-order valence-electron chi connectivity index (χ2n) is 4.42. The Labute approximate surface area is 126 Å². The topological polar surface area (TPSA) is 101 Å². The van der Waals surface area contributed by atoms with Gasteiger partial charge in [-0.3, -0.25) is 4.72 Å². The van der Waals surface area contributed by atoms with Crippen LogP contribution in [0.2, 0.25) is 5.02 Å². The molecule has 0 fully saturated rings. The number of nitrogens with zero attached hydrogens (tertiary/aromatic N) is 1. The molecule has 0 saturated carbocycles. The number of halogens is 1. The Morgan fingerprint density at radius 3 is 2.81 bits per heavy atom. The summed E-state index contributed by atoms with van der Waals surface area (Å²) >= 11 is 5.82. The van der Waals surface area contributed by atoms with Crippen LogP contribution in [-0.2, 0) is 10.0 Å². The van der Waals surface area contributed by atoms with Crippen LogP contribution >= 0.6 is 11.6 Å². The van der Waals surface area contributed by atoms with Gasteiger partial charge in [-0.1, -0.05) is 11.6 Å². The van der Waals surface area contributed by atoms with E-state index in [1.807, 2.05) is 0 Å². The first-order chi connectivity index (χ1) is 9.95. The molecular weight excluding hydrogens is 312 g/mol. The number of pyridine rings is 1. The first-order valence-corrected chi connectivity index (χ1v) is 7.83. The number of nitrogen functional groups attached to an aromatic ring is 1. The Balaban J connectivity index is 2.04. The van der Waals surface area contributed by atoms with Gasteiger partial charge in [-0.15, -0.1) is 0 Å². The minimum Gasteiger partial charge on any atom is -0.399 e. The van der Waals surface area contributed by atoms with Gasteiger partial charge in [0.15, 0.2) is 0 Å². The Hall–Kier alpha value is -2.25. The lowest BCUT2D eigenvalue weighted by molar-refractivity contribution is 0.602. The first-order valence-electron chi connectivity index (χ1n) is 5.97. The summed E-state index contributed by atoms with van der Waals surface area (Å²) in [7, 11) is -3.77. The monoisotopic (exact) mass is 322 g/mol. The number of nitrogens with one attached hydrogen (secondary N) is 2. The number of benzene rings is 1. The molecule has 108 valence electrons. The Bertz CT molecular complexity index is 921. The minimum atomic E-state index is -3.77. The summed E-state index contributed by atoms with van der Waals surface area (Å²) in [6, 6.07) is 7.97. The molecule has 2 aromatic heterocycles. The molecule has 4 N–H and O–H groups in total. The molecule has 2 heterocycles. The van der Waals surface area contributed by atoms with Crippen LogP contribution in [0.5, 0.6) is 0 Å². The fourth-order valence-electron chi connectivity index (χ4n) is 1.99. The molecule has 0 saturated heterocycles. The summed E-state index contributed by atoms with van der Waals surface area (Å²) in [5.41, 5.74) is 6.87. The standard InChI is InChI=1S/C13H11ClN4O2S/c14-8-3-4-16-13(5-8)18-21(19,20)12-7-17-11-6-9(15)1-2-10(11)12/h1-7,17H,15H2,(H,16,18). The highest BCUT2D eigenvalue weighted by Crippen LogP contribution is 2.26. The number of aromatic amines is 1. The van der Waals surface area contributed by atoms with Crippen LogP contribution in [0.4, 0.5) is 11.5 Å². The quantitative estimate of drug-likeness (QED) is 0.645. The number of rotatable bonds is 3. The molecule has 0 bridgehead atoms. The van der Waals surface area contributed by atoms with Crippen LogP contribution in [0.25, 0.3) is 10.9 Å². The SMILES string of the molecule is Nc1ccc2c(S(=O)(=O)Nc3cc(Cl)ccn3)c[nH]c2c1. The van der Waals surface area contributed by atoms with Crippen molar-refractivity contribution in [3.05, 3.63) is 47.7 Å². The lowest BCUT2D eigenvalue weighted by Gasteiger charge is -2.06. The van der Waals surface area contributed by atoms with Gasteiger partial charge in [-0.25, -0.2) is 13.4 Å². The maximum absolute atomic E-state index is 12.4. The van der Waals surface area contributed by atoms with Crippen molar-refractivity contribution < 1.29 is 8.42 Å². The molecule has 6 nitrogen and oxygen atoms in total. The molecule has 1 aromatic carbocycles. The van der Waals surface area contributed by atoms with Crippen molar-refractivity contribution in [2.75, 3.05) is 10.5 Å². The van der Waals surface area contributed by atoms with Gasteiger partial charge in [-0.2, -0.15) is 0 Å².